The van der Waals surface area contributed by atoms with Crippen molar-refractivity contribution < 1.29 is 24.9 Å². The Morgan fingerprint density at radius 3 is 2.09 bits per heavy atom. The number of carbonyl (C=O) groups is 1. The Bertz CT molecular complexity index is 616. The summed E-state index contributed by atoms with van der Waals surface area (Å²) in [5, 5.41) is 26.8. The summed E-state index contributed by atoms with van der Waals surface area (Å²) < 4.78 is 5.25. The van der Waals surface area contributed by atoms with Gasteiger partial charge >= 0.3 is 0 Å². The van der Waals surface area contributed by atoms with Gasteiger partial charge in [-0.15, -0.1) is 0 Å². The number of phenols is 3. The topological polar surface area (TPSA) is 87.0 Å². The smallest absolute Gasteiger partial charge is 0.161 e. The molecule has 2 aromatic carbocycles. The molecule has 2 aromatic rings. The minimum absolute atomic E-state index is 0.0764. The number of ketones is 1. The molecular formula is C18H22O5. The number of hydrogen-bond acceptors (Lipinski definition) is 5. The number of hydrogen-bond donors (Lipinski definition) is 3. The van der Waals surface area contributed by atoms with Crippen LogP contribution in [0.25, 0.3) is 0 Å². The van der Waals surface area contributed by atoms with Gasteiger partial charge in [-0.05, 0) is 50.1 Å². The molecule has 0 saturated heterocycles. The molecule has 0 unspecified atom stereocenters. The highest BCUT2D eigenvalue weighted by atomic mass is 16.5. The number of rotatable bonds is 5. The van der Waals surface area contributed by atoms with Gasteiger partial charge in [-0.25, -0.2) is 0 Å². The van der Waals surface area contributed by atoms with Crippen molar-refractivity contribution in [3.8, 4) is 23.0 Å². The van der Waals surface area contributed by atoms with Gasteiger partial charge < -0.3 is 24.9 Å². The van der Waals surface area contributed by atoms with Crippen LogP contribution >= 0.6 is 0 Å². The first kappa shape index (κ1) is 18.4. The van der Waals surface area contributed by atoms with E-state index < -0.39 is 0 Å². The van der Waals surface area contributed by atoms with E-state index in [-0.39, 0.29) is 23.0 Å². The lowest BCUT2D eigenvalue weighted by Gasteiger charge is -2.07. The molecular weight excluding hydrogens is 296 g/mol. The third-order valence-corrected chi connectivity index (χ3v) is 2.97. The maximum Gasteiger partial charge on any atom is 0.161 e. The van der Waals surface area contributed by atoms with Gasteiger partial charge in [0.1, 0.15) is 5.78 Å². The molecule has 0 aromatic heterocycles. The van der Waals surface area contributed by atoms with Crippen LogP contribution in [0, 0.1) is 0 Å². The maximum atomic E-state index is 10.8. The Kier molecular flexibility index (Phi) is 7.47. The van der Waals surface area contributed by atoms with E-state index in [9.17, 15) is 9.90 Å². The second kappa shape index (κ2) is 9.35. The molecule has 3 N–H and O–H groups in total. The summed E-state index contributed by atoms with van der Waals surface area (Å²) in [6, 6.07) is 11.3. The quantitative estimate of drug-likeness (QED) is 0.735. The Morgan fingerprint density at radius 1 is 1.00 bits per heavy atom. The van der Waals surface area contributed by atoms with Crippen LogP contribution in [0.2, 0.25) is 0 Å². The first-order valence-electron chi connectivity index (χ1n) is 7.35. The average Bonchev–Trinajstić information content (AvgIpc) is 2.52. The summed E-state index contributed by atoms with van der Waals surface area (Å²) in [4.78, 5) is 10.8. The molecule has 5 nitrogen and oxygen atoms in total. The monoisotopic (exact) mass is 318 g/mol. The number of ether oxygens (including phenoxy) is 1. The van der Waals surface area contributed by atoms with Crippen molar-refractivity contribution in [2.75, 3.05) is 6.61 Å². The van der Waals surface area contributed by atoms with E-state index in [4.69, 9.17) is 14.9 Å². The van der Waals surface area contributed by atoms with E-state index in [1.54, 1.807) is 37.3 Å². The fraction of sp³-hybridized carbons (Fsp3) is 0.278. The van der Waals surface area contributed by atoms with Crippen molar-refractivity contribution in [2.24, 2.45) is 0 Å². The highest BCUT2D eigenvalue weighted by Crippen LogP contribution is 2.27. The molecule has 0 saturated carbocycles. The Morgan fingerprint density at radius 2 is 1.61 bits per heavy atom. The number of para-hydroxylation sites is 2. The van der Waals surface area contributed by atoms with Gasteiger partial charge in [0.25, 0.3) is 0 Å². The summed E-state index contributed by atoms with van der Waals surface area (Å²) in [6.45, 7) is 3.95. The fourth-order valence-corrected chi connectivity index (χ4v) is 1.77. The molecule has 5 heteroatoms. The average molecular weight is 318 g/mol. The molecule has 0 spiro atoms. The van der Waals surface area contributed by atoms with Gasteiger partial charge in [0.05, 0.1) is 6.61 Å². The van der Waals surface area contributed by atoms with Crippen LogP contribution < -0.4 is 4.74 Å². The van der Waals surface area contributed by atoms with Crippen LogP contribution in [0.15, 0.2) is 42.5 Å². The lowest BCUT2D eigenvalue weighted by atomic mass is 10.1. The molecule has 0 heterocycles. The fourth-order valence-electron chi connectivity index (χ4n) is 1.77. The van der Waals surface area contributed by atoms with E-state index >= 15 is 0 Å². The Balaban J connectivity index is 0.000000277. The number of Topliss-reactive ketones (excluding diaryl/α,β-unsaturated/α-hetero) is 1. The van der Waals surface area contributed by atoms with Gasteiger partial charge in [0.2, 0.25) is 0 Å². The van der Waals surface area contributed by atoms with Crippen molar-refractivity contribution in [2.45, 2.75) is 26.7 Å². The number of aryl methyl sites for hydroxylation is 1. The van der Waals surface area contributed by atoms with Crippen molar-refractivity contribution in [1.82, 2.24) is 0 Å². The van der Waals surface area contributed by atoms with Crippen molar-refractivity contribution >= 4 is 5.78 Å². The zero-order chi connectivity index (χ0) is 17.2. The molecule has 0 aliphatic heterocycles. The second-order valence-corrected chi connectivity index (χ2v) is 4.93. The molecule has 0 radical (unpaired) electrons. The van der Waals surface area contributed by atoms with Gasteiger partial charge in [-0.1, -0.05) is 18.2 Å². The summed E-state index contributed by atoms with van der Waals surface area (Å²) in [6.07, 6.45) is 1.21. The summed E-state index contributed by atoms with van der Waals surface area (Å²) in [7, 11) is 0. The van der Waals surface area contributed by atoms with E-state index in [0.29, 0.717) is 25.2 Å². The van der Waals surface area contributed by atoms with Gasteiger partial charge in [0, 0.05) is 6.42 Å². The molecule has 0 aliphatic rings. The summed E-state index contributed by atoms with van der Waals surface area (Å²) in [5.74, 6) is 0.642. The van der Waals surface area contributed by atoms with Crippen molar-refractivity contribution in [1.29, 1.82) is 0 Å². The second-order valence-electron chi connectivity index (χ2n) is 4.93. The minimum Gasteiger partial charge on any atom is -0.504 e. The molecule has 0 bridgehead atoms. The highest BCUT2D eigenvalue weighted by molar-refractivity contribution is 5.75. The highest BCUT2D eigenvalue weighted by Gasteiger charge is 2.04. The third kappa shape index (κ3) is 6.74. The van der Waals surface area contributed by atoms with E-state index in [2.05, 4.69) is 0 Å². The van der Waals surface area contributed by atoms with E-state index in [1.807, 2.05) is 6.92 Å². The van der Waals surface area contributed by atoms with Crippen molar-refractivity contribution in [3.05, 3.63) is 48.0 Å². The third-order valence-electron chi connectivity index (χ3n) is 2.97. The van der Waals surface area contributed by atoms with Crippen LogP contribution in [0.4, 0.5) is 0 Å². The lowest BCUT2D eigenvalue weighted by Crippen LogP contribution is -1.96. The van der Waals surface area contributed by atoms with Crippen LogP contribution in [-0.4, -0.2) is 27.7 Å². The number of phenolic OH excluding ortho intramolecular Hbond substituents is 3. The van der Waals surface area contributed by atoms with Gasteiger partial charge in [-0.3, -0.25) is 0 Å². The van der Waals surface area contributed by atoms with E-state index in [1.165, 1.54) is 12.1 Å². The molecule has 0 atom stereocenters. The van der Waals surface area contributed by atoms with Crippen LogP contribution in [0.1, 0.15) is 25.8 Å². The molecule has 0 aliphatic carbocycles. The number of benzene rings is 2. The van der Waals surface area contributed by atoms with Crippen LogP contribution in [-0.2, 0) is 11.2 Å². The normalized spacial score (nSPS) is 9.65. The van der Waals surface area contributed by atoms with Crippen LogP contribution in [0.3, 0.4) is 0 Å². The predicted octanol–water partition coefficient (Wildman–Crippen LogP) is 3.41. The van der Waals surface area contributed by atoms with E-state index in [0.717, 1.165) is 5.56 Å². The van der Waals surface area contributed by atoms with Crippen molar-refractivity contribution in [3.63, 3.8) is 0 Å². The standard InChI is InChI=1S/C12H16O3.C6H6O2/c1-3-15-12-8-10(5-4-9(2)13)6-7-11(12)14;7-5-3-1-2-4-6(5)8/h6-8,14H,3-5H2,1-2H3;1-4,7-8H. The molecule has 0 fully saturated rings. The number of carbonyl (C=O) groups excluding carboxylic acids is 1. The zero-order valence-electron chi connectivity index (χ0n) is 13.3. The maximum absolute atomic E-state index is 10.8. The predicted molar refractivity (Wildman–Crippen MR) is 88.0 cm³/mol. The summed E-state index contributed by atoms with van der Waals surface area (Å²) in [5.41, 5.74) is 1.01. The molecule has 2 rings (SSSR count). The van der Waals surface area contributed by atoms with Gasteiger partial charge in [0.15, 0.2) is 23.0 Å². The molecule has 124 valence electrons. The minimum atomic E-state index is -0.0764. The summed E-state index contributed by atoms with van der Waals surface area (Å²) >= 11 is 0. The van der Waals surface area contributed by atoms with Crippen LogP contribution in [0.5, 0.6) is 23.0 Å². The molecule has 23 heavy (non-hydrogen) atoms. The van der Waals surface area contributed by atoms with Gasteiger partial charge in [-0.2, -0.15) is 0 Å². The zero-order valence-corrected chi connectivity index (χ0v) is 13.3. The first-order chi connectivity index (χ1) is 10.9. The first-order valence-corrected chi connectivity index (χ1v) is 7.35. The largest absolute Gasteiger partial charge is 0.504 e. The molecule has 0 amide bonds. The Labute approximate surface area is 135 Å². The Hall–Kier alpha value is -2.69. The lowest BCUT2D eigenvalue weighted by molar-refractivity contribution is -0.116. The SMILES string of the molecule is CCOc1cc(CCC(C)=O)ccc1O.Oc1ccccc1O. The number of aromatic hydroxyl groups is 3.